The van der Waals surface area contributed by atoms with Crippen molar-refractivity contribution in [3.05, 3.63) is 12.4 Å². The van der Waals surface area contributed by atoms with Crippen molar-refractivity contribution >= 4 is 5.97 Å². The maximum Gasteiger partial charge on any atom is 0.323 e. The number of carbonyl (C=O) groups excluding carboxylic acids is 1. The number of methoxy groups -OCH3 is 1. The third-order valence-corrected chi connectivity index (χ3v) is 2.69. The van der Waals surface area contributed by atoms with E-state index < -0.39 is 0 Å². The molecule has 82 valence electrons. The number of likely N-dealkylation sites (tertiary alicyclic amines) is 1. The fourth-order valence-electron chi connectivity index (χ4n) is 1.69. The molecule has 6 nitrogen and oxygen atoms in total. The fourth-order valence-corrected chi connectivity index (χ4v) is 1.69. The number of carbonyl (C=O) groups is 1. The summed E-state index contributed by atoms with van der Waals surface area (Å²) in [4.78, 5) is 13.4. The van der Waals surface area contributed by atoms with Gasteiger partial charge in [-0.05, 0) is 6.42 Å². The summed E-state index contributed by atoms with van der Waals surface area (Å²) in [5.41, 5.74) is 0. The lowest BCUT2D eigenvalue weighted by Crippen LogP contribution is -2.53. The molecule has 1 fully saturated rings. The minimum atomic E-state index is -0.139. The number of hydrogen-bond donors (Lipinski definition) is 0. The molecule has 2 heterocycles. The van der Waals surface area contributed by atoms with Gasteiger partial charge in [0.15, 0.2) is 0 Å². The molecular weight excluding hydrogens is 196 g/mol. The topological polar surface area (TPSA) is 60.2 Å². The third kappa shape index (κ3) is 2.15. The first-order chi connectivity index (χ1) is 7.31. The Balaban J connectivity index is 1.78. The predicted molar refractivity (Wildman–Crippen MR) is 52.0 cm³/mol. The largest absolute Gasteiger partial charge is 0.468 e. The van der Waals surface area contributed by atoms with E-state index in [2.05, 4.69) is 15.2 Å². The van der Waals surface area contributed by atoms with E-state index in [1.807, 2.05) is 6.20 Å². The zero-order valence-corrected chi connectivity index (χ0v) is 8.67. The van der Waals surface area contributed by atoms with Crippen molar-refractivity contribution in [3.63, 3.8) is 0 Å². The van der Waals surface area contributed by atoms with Crippen LogP contribution in [0.15, 0.2) is 12.4 Å². The lowest BCUT2D eigenvalue weighted by atomic mass is 10.0. The van der Waals surface area contributed by atoms with Crippen LogP contribution in [0.25, 0.3) is 0 Å². The second-order valence-electron chi connectivity index (χ2n) is 3.53. The van der Waals surface area contributed by atoms with Crippen LogP contribution in [0.3, 0.4) is 0 Å². The molecule has 0 bridgehead atoms. The summed E-state index contributed by atoms with van der Waals surface area (Å²) in [5, 5.41) is 7.58. The van der Waals surface area contributed by atoms with Gasteiger partial charge in [-0.25, -0.2) is 0 Å². The van der Waals surface area contributed by atoms with E-state index >= 15 is 0 Å². The zero-order valence-electron chi connectivity index (χ0n) is 8.67. The van der Waals surface area contributed by atoms with Gasteiger partial charge in [0.05, 0.1) is 19.9 Å². The minimum absolute atomic E-state index is 0.0569. The van der Waals surface area contributed by atoms with Crippen molar-refractivity contribution in [1.82, 2.24) is 19.9 Å². The van der Waals surface area contributed by atoms with Gasteiger partial charge in [0.2, 0.25) is 0 Å². The lowest BCUT2D eigenvalue weighted by Gasteiger charge is -2.38. The molecule has 1 aliphatic heterocycles. The highest BCUT2D eigenvalue weighted by atomic mass is 16.5. The van der Waals surface area contributed by atoms with E-state index in [1.165, 1.54) is 7.11 Å². The summed E-state index contributed by atoms with van der Waals surface area (Å²) < 4.78 is 6.46. The lowest BCUT2D eigenvalue weighted by molar-refractivity contribution is -0.152. The Kier molecular flexibility index (Phi) is 2.96. The number of ether oxygens (including phenoxy) is 1. The molecule has 1 aromatic heterocycles. The molecule has 2 rings (SSSR count). The molecule has 1 aliphatic rings. The van der Waals surface area contributed by atoms with E-state index in [0.717, 1.165) is 26.1 Å². The second kappa shape index (κ2) is 4.39. The van der Waals surface area contributed by atoms with Gasteiger partial charge in [0.25, 0.3) is 0 Å². The molecule has 1 atom stereocenters. The van der Waals surface area contributed by atoms with Crippen LogP contribution in [-0.2, 0) is 16.1 Å². The molecule has 0 saturated carbocycles. The van der Waals surface area contributed by atoms with Crippen LogP contribution in [0.5, 0.6) is 0 Å². The highest BCUT2D eigenvalue weighted by Crippen LogP contribution is 2.17. The molecule has 0 spiro atoms. The predicted octanol–water partition coefficient (Wildman–Crippen LogP) is -0.475. The van der Waals surface area contributed by atoms with Crippen LogP contribution >= 0.6 is 0 Å². The Morgan fingerprint density at radius 2 is 2.47 bits per heavy atom. The number of rotatable bonds is 4. The quantitative estimate of drug-likeness (QED) is 0.628. The Morgan fingerprint density at radius 3 is 3.00 bits per heavy atom. The molecule has 0 aromatic carbocycles. The van der Waals surface area contributed by atoms with Gasteiger partial charge in [-0.1, -0.05) is 5.21 Å². The number of aromatic nitrogens is 3. The maximum atomic E-state index is 11.3. The number of nitrogens with zero attached hydrogens (tertiary/aromatic N) is 4. The number of hydrogen-bond acceptors (Lipinski definition) is 5. The van der Waals surface area contributed by atoms with E-state index in [9.17, 15) is 4.79 Å². The summed E-state index contributed by atoms with van der Waals surface area (Å²) in [6, 6.07) is -0.0569. The van der Waals surface area contributed by atoms with Crippen LogP contribution in [0.4, 0.5) is 0 Å². The fraction of sp³-hybridized carbons (Fsp3) is 0.667. The molecule has 0 amide bonds. The van der Waals surface area contributed by atoms with Gasteiger partial charge in [0.1, 0.15) is 6.04 Å². The Bertz CT molecular complexity index is 325. The molecular formula is C9H14N4O2. The number of esters is 1. The van der Waals surface area contributed by atoms with E-state index in [4.69, 9.17) is 4.74 Å². The van der Waals surface area contributed by atoms with Crippen molar-refractivity contribution in [2.24, 2.45) is 0 Å². The van der Waals surface area contributed by atoms with Gasteiger partial charge in [-0.15, -0.1) is 5.10 Å². The Morgan fingerprint density at radius 1 is 1.60 bits per heavy atom. The second-order valence-corrected chi connectivity index (χ2v) is 3.53. The summed E-state index contributed by atoms with van der Waals surface area (Å²) in [5.74, 6) is -0.139. The van der Waals surface area contributed by atoms with E-state index in [0.29, 0.717) is 0 Å². The standard InChI is InChI=1S/C9H14N4O2/c1-15-9(14)8-2-4-12(8)6-7-13-5-3-10-11-13/h3,5,8H,2,4,6-7H2,1H3. The smallest absolute Gasteiger partial charge is 0.323 e. The first-order valence-corrected chi connectivity index (χ1v) is 4.97. The van der Waals surface area contributed by atoms with Crippen LogP contribution in [0.1, 0.15) is 6.42 Å². The SMILES string of the molecule is COC(=O)C1CCN1CCn1ccnn1. The normalized spacial score (nSPS) is 21.0. The Hall–Kier alpha value is -1.43. The summed E-state index contributed by atoms with van der Waals surface area (Å²) in [6.07, 6.45) is 4.35. The molecule has 15 heavy (non-hydrogen) atoms. The van der Waals surface area contributed by atoms with Crippen LogP contribution in [0, 0.1) is 0 Å². The molecule has 1 unspecified atom stereocenters. The molecule has 0 N–H and O–H groups in total. The van der Waals surface area contributed by atoms with Crippen molar-refractivity contribution in [1.29, 1.82) is 0 Å². The molecule has 1 saturated heterocycles. The first-order valence-electron chi connectivity index (χ1n) is 4.97. The van der Waals surface area contributed by atoms with E-state index in [1.54, 1.807) is 10.9 Å². The summed E-state index contributed by atoms with van der Waals surface area (Å²) in [7, 11) is 1.43. The van der Waals surface area contributed by atoms with Crippen molar-refractivity contribution in [2.75, 3.05) is 20.2 Å². The highest BCUT2D eigenvalue weighted by molar-refractivity contribution is 5.76. The Labute approximate surface area is 87.8 Å². The minimum Gasteiger partial charge on any atom is -0.468 e. The molecule has 6 heteroatoms. The maximum absolute atomic E-state index is 11.3. The summed E-state index contributed by atoms with van der Waals surface area (Å²) >= 11 is 0. The van der Waals surface area contributed by atoms with Crippen LogP contribution < -0.4 is 0 Å². The van der Waals surface area contributed by atoms with Gasteiger partial charge in [0, 0.05) is 19.3 Å². The first kappa shape index (κ1) is 10.1. The van der Waals surface area contributed by atoms with Crippen molar-refractivity contribution in [3.8, 4) is 0 Å². The van der Waals surface area contributed by atoms with Crippen molar-refractivity contribution < 1.29 is 9.53 Å². The van der Waals surface area contributed by atoms with Gasteiger partial charge >= 0.3 is 5.97 Å². The van der Waals surface area contributed by atoms with Crippen LogP contribution in [0.2, 0.25) is 0 Å². The average molecular weight is 210 g/mol. The van der Waals surface area contributed by atoms with Gasteiger partial charge in [-0.2, -0.15) is 0 Å². The van der Waals surface area contributed by atoms with Crippen molar-refractivity contribution in [2.45, 2.75) is 19.0 Å². The molecule has 0 aliphatic carbocycles. The summed E-state index contributed by atoms with van der Waals surface area (Å²) in [6.45, 7) is 2.52. The molecule has 0 radical (unpaired) electrons. The van der Waals surface area contributed by atoms with Gasteiger partial charge < -0.3 is 4.74 Å². The third-order valence-electron chi connectivity index (χ3n) is 2.69. The van der Waals surface area contributed by atoms with E-state index in [-0.39, 0.29) is 12.0 Å². The average Bonchev–Trinajstić information content (AvgIpc) is 2.69. The molecule has 1 aromatic rings. The highest BCUT2D eigenvalue weighted by Gasteiger charge is 2.34. The van der Waals surface area contributed by atoms with Crippen LogP contribution in [-0.4, -0.2) is 52.1 Å². The monoisotopic (exact) mass is 210 g/mol. The zero-order chi connectivity index (χ0) is 10.7. The van der Waals surface area contributed by atoms with Gasteiger partial charge in [-0.3, -0.25) is 14.4 Å².